The van der Waals surface area contributed by atoms with E-state index in [1.165, 1.54) is 12.5 Å². The van der Waals surface area contributed by atoms with Gasteiger partial charge in [-0.1, -0.05) is 6.07 Å². The van der Waals surface area contributed by atoms with E-state index in [9.17, 15) is 9.90 Å². The van der Waals surface area contributed by atoms with Crippen LogP contribution in [0.25, 0.3) is 28.4 Å². The minimum absolute atomic E-state index is 0.104. The molecular formula is C19H17N5O3. The number of oxazole rings is 1. The molecule has 0 aliphatic carbocycles. The minimum atomic E-state index is -0.695. The van der Waals surface area contributed by atoms with Crippen molar-refractivity contribution in [3.8, 4) is 28.5 Å². The summed E-state index contributed by atoms with van der Waals surface area (Å²) in [5.74, 6) is -0.236. The number of benzene rings is 1. The lowest BCUT2D eigenvalue weighted by Gasteiger charge is -2.16. The fourth-order valence-corrected chi connectivity index (χ4v) is 3.29. The molecule has 0 radical (unpaired) electrons. The number of imidazole rings is 1. The van der Waals surface area contributed by atoms with E-state index < -0.39 is 5.91 Å². The quantitative estimate of drug-likeness (QED) is 0.512. The smallest absolute Gasteiger partial charge is 0.254 e. The zero-order valence-corrected chi connectivity index (χ0v) is 14.7. The summed E-state index contributed by atoms with van der Waals surface area (Å²) < 4.78 is 6.94. The second kappa shape index (κ2) is 5.87. The summed E-state index contributed by atoms with van der Waals surface area (Å²) in [5, 5.41) is 10.1. The summed E-state index contributed by atoms with van der Waals surface area (Å²) in [5.41, 5.74) is 15.9. The molecule has 0 unspecified atom stereocenters. The predicted molar refractivity (Wildman–Crippen MR) is 100 cm³/mol. The van der Waals surface area contributed by atoms with Crippen LogP contribution in [-0.2, 0) is 0 Å². The number of pyridine rings is 1. The molecular weight excluding hydrogens is 346 g/mol. The van der Waals surface area contributed by atoms with Crippen LogP contribution in [0.4, 0.5) is 5.69 Å². The number of rotatable bonds is 3. The van der Waals surface area contributed by atoms with Crippen molar-refractivity contribution < 1.29 is 14.3 Å². The number of aromatic nitrogens is 3. The number of nitrogens with zero attached hydrogens (tertiary/aromatic N) is 3. The van der Waals surface area contributed by atoms with Crippen LogP contribution in [0.15, 0.2) is 41.4 Å². The first kappa shape index (κ1) is 16.6. The van der Waals surface area contributed by atoms with Crippen molar-refractivity contribution in [2.45, 2.75) is 13.8 Å². The van der Waals surface area contributed by atoms with Gasteiger partial charge in [-0.25, -0.2) is 9.97 Å². The molecule has 0 spiro atoms. The van der Waals surface area contributed by atoms with Gasteiger partial charge in [0, 0.05) is 18.0 Å². The summed E-state index contributed by atoms with van der Waals surface area (Å²) in [6, 6.07) is 3.41. The molecule has 27 heavy (non-hydrogen) atoms. The Labute approximate surface area is 154 Å². The van der Waals surface area contributed by atoms with Crippen LogP contribution < -0.4 is 11.5 Å². The molecule has 0 aliphatic heterocycles. The van der Waals surface area contributed by atoms with Gasteiger partial charge in [0.15, 0.2) is 5.65 Å². The Balaban J connectivity index is 2.08. The molecule has 1 aromatic carbocycles. The molecule has 5 N–H and O–H groups in total. The van der Waals surface area contributed by atoms with Crippen molar-refractivity contribution >= 4 is 17.2 Å². The van der Waals surface area contributed by atoms with Crippen molar-refractivity contribution in [2.75, 3.05) is 5.73 Å². The molecule has 0 aliphatic rings. The van der Waals surface area contributed by atoms with E-state index in [-0.39, 0.29) is 17.0 Å². The number of primary amides is 1. The maximum Gasteiger partial charge on any atom is 0.254 e. The number of nitrogens with two attached hydrogens (primary N) is 2. The zero-order chi connectivity index (χ0) is 19.3. The van der Waals surface area contributed by atoms with Gasteiger partial charge in [0.2, 0.25) is 5.89 Å². The molecule has 1 amide bonds. The third-order valence-corrected chi connectivity index (χ3v) is 4.60. The largest absolute Gasteiger partial charge is 0.508 e. The normalized spacial score (nSPS) is 11.2. The molecule has 136 valence electrons. The van der Waals surface area contributed by atoms with Crippen LogP contribution >= 0.6 is 0 Å². The third kappa shape index (κ3) is 2.50. The Bertz CT molecular complexity index is 1190. The van der Waals surface area contributed by atoms with Gasteiger partial charge in [-0.05, 0) is 36.6 Å². The summed E-state index contributed by atoms with van der Waals surface area (Å²) in [7, 11) is 0. The second-order valence-electron chi connectivity index (χ2n) is 6.29. The molecule has 8 nitrogen and oxygen atoms in total. The van der Waals surface area contributed by atoms with E-state index in [1.807, 2.05) is 6.92 Å². The first-order valence-corrected chi connectivity index (χ1v) is 8.19. The topological polar surface area (TPSA) is 133 Å². The maximum atomic E-state index is 12.2. The van der Waals surface area contributed by atoms with Gasteiger partial charge in [-0.15, -0.1) is 0 Å². The number of hydrogen-bond acceptors (Lipinski definition) is 6. The fourth-order valence-electron chi connectivity index (χ4n) is 3.29. The van der Waals surface area contributed by atoms with Crippen LogP contribution in [0.5, 0.6) is 5.75 Å². The highest BCUT2D eigenvalue weighted by Gasteiger charge is 2.22. The lowest BCUT2D eigenvalue weighted by Crippen LogP contribution is -2.16. The summed E-state index contributed by atoms with van der Waals surface area (Å²) >= 11 is 0. The van der Waals surface area contributed by atoms with Gasteiger partial charge in [0.05, 0.1) is 11.9 Å². The van der Waals surface area contributed by atoms with E-state index in [1.54, 1.807) is 35.9 Å². The van der Waals surface area contributed by atoms with Crippen LogP contribution in [0, 0.1) is 13.8 Å². The molecule has 4 aromatic rings. The van der Waals surface area contributed by atoms with Gasteiger partial charge >= 0.3 is 0 Å². The summed E-state index contributed by atoms with van der Waals surface area (Å²) in [6.45, 7) is 3.69. The Hall–Kier alpha value is -3.81. The average molecular weight is 363 g/mol. The van der Waals surface area contributed by atoms with Gasteiger partial charge in [-0.3, -0.25) is 4.79 Å². The van der Waals surface area contributed by atoms with Gasteiger partial charge in [0.25, 0.3) is 5.91 Å². The van der Waals surface area contributed by atoms with Gasteiger partial charge < -0.3 is 25.4 Å². The van der Waals surface area contributed by atoms with Gasteiger partial charge in [-0.2, -0.15) is 0 Å². The van der Waals surface area contributed by atoms with Crippen molar-refractivity contribution in [3.05, 3.63) is 53.7 Å². The van der Waals surface area contributed by atoms with Gasteiger partial charge in [0.1, 0.15) is 23.3 Å². The van der Waals surface area contributed by atoms with E-state index in [4.69, 9.17) is 15.9 Å². The van der Waals surface area contributed by atoms with E-state index in [0.717, 1.165) is 11.1 Å². The number of aromatic hydroxyl groups is 1. The molecule has 3 heterocycles. The Morgan fingerprint density at radius 3 is 2.70 bits per heavy atom. The molecule has 0 atom stereocenters. The first-order chi connectivity index (χ1) is 12.9. The SMILES string of the molecule is Cc1ccc(O)c(C)c1-c1cn2cc(-c3ncco3)nc2c(C(N)=O)c1N. The number of nitrogen functional groups attached to an aromatic ring is 1. The lowest BCUT2D eigenvalue weighted by atomic mass is 9.93. The number of phenols is 1. The van der Waals surface area contributed by atoms with E-state index >= 15 is 0 Å². The number of aryl methyl sites for hydroxylation is 1. The number of phenolic OH excluding ortho intramolecular Hbond substituents is 1. The highest BCUT2D eigenvalue weighted by atomic mass is 16.3. The summed E-state index contributed by atoms with van der Waals surface area (Å²) in [6.07, 6.45) is 6.39. The Kier molecular flexibility index (Phi) is 3.62. The molecule has 4 rings (SSSR count). The van der Waals surface area contributed by atoms with Crippen LogP contribution in [0.3, 0.4) is 0 Å². The maximum absolute atomic E-state index is 12.2. The highest BCUT2D eigenvalue weighted by Crippen LogP contribution is 2.38. The monoisotopic (exact) mass is 363 g/mol. The van der Waals surface area contributed by atoms with Crippen molar-refractivity contribution in [2.24, 2.45) is 5.73 Å². The van der Waals surface area contributed by atoms with Crippen LogP contribution in [0.2, 0.25) is 0 Å². The minimum Gasteiger partial charge on any atom is -0.508 e. The molecule has 0 bridgehead atoms. The molecule has 0 fully saturated rings. The number of carbonyl (C=O) groups excluding carboxylic acids is 1. The van der Waals surface area contributed by atoms with E-state index in [2.05, 4.69) is 9.97 Å². The number of hydrogen-bond donors (Lipinski definition) is 3. The Morgan fingerprint density at radius 2 is 2.04 bits per heavy atom. The molecule has 0 saturated carbocycles. The fraction of sp³-hybridized carbons (Fsp3) is 0.105. The number of amides is 1. The third-order valence-electron chi connectivity index (χ3n) is 4.60. The zero-order valence-electron chi connectivity index (χ0n) is 14.7. The molecule has 3 aromatic heterocycles. The Morgan fingerprint density at radius 1 is 1.26 bits per heavy atom. The first-order valence-electron chi connectivity index (χ1n) is 8.19. The lowest BCUT2D eigenvalue weighted by molar-refractivity contribution is 0.100. The molecule has 8 heteroatoms. The predicted octanol–water partition coefficient (Wildman–Crippen LogP) is 2.66. The van der Waals surface area contributed by atoms with Crippen molar-refractivity contribution in [1.29, 1.82) is 0 Å². The van der Waals surface area contributed by atoms with Crippen molar-refractivity contribution in [1.82, 2.24) is 14.4 Å². The second-order valence-corrected chi connectivity index (χ2v) is 6.29. The number of fused-ring (bicyclic) bond motifs is 1. The van der Waals surface area contributed by atoms with E-state index in [0.29, 0.717) is 28.4 Å². The number of carbonyl (C=O) groups is 1. The van der Waals surface area contributed by atoms with Crippen molar-refractivity contribution in [3.63, 3.8) is 0 Å². The van der Waals surface area contributed by atoms with Crippen LogP contribution in [0.1, 0.15) is 21.5 Å². The summed E-state index contributed by atoms with van der Waals surface area (Å²) in [4.78, 5) is 20.6. The average Bonchev–Trinajstić information content (AvgIpc) is 3.27. The molecule has 0 saturated heterocycles. The number of anilines is 1. The standard InChI is InChI=1S/C19H17N5O3/c1-9-3-4-13(25)10(2)14(9)11-7-24-8-12(19-22-5-6-27-19)23-18(24)15(16(11)20)17(21)26/h3-8,25H,20H2,1-2H3,(H2,21,26). The van der Waals surface area contributed by atoms with Crippen LogP contribution in [-0.4, -0.2) is 25.4 Å². The highest BCUT2D eigenvalue weighted by molar-refractivity contribution is 6.07.